The highest BCUT2D eigenvalue weighted by atomic mass is 16.5. The van der Waals surface area contributed by atoms with Crippen LogP contribution in [-0.4, -0.2) is 56.9 Å². The zero-order chi connectivity index (χ0) is 17.6. The van der Waals surface area contributed by atoms with Crippen molar-refractivity contribution in [1.29, 1.82) is 0 Å². The molecule has 0 aliphatic carbocycles. The molecule has 0 spiro atoms. The van der Waals surface area contributed by atoms with Gasteiger partial charge in [-0.1, -0.05) is 0 Å². The number of nitrogens with zero attached hydrogens (tertiary/aromatic N) is 5. The number of hydrogen-bond acceptors (Lipinski definition) is 4. The van der Waals surface area contributed by atoms with Crippen LogP contribution in [0.1, 0.15) is 17.0 Å². The Labute approximate surface area is 148 Å². The minimum absolute atomic E-state index is 0.213. The predicted octanol–water partition coefficient (Wildman–Crippen LogP) is 2.25. The molecule has 4 rings (SSSR count). The molecule has 1 saturated heterocycles. The summed E-state index contributed by atoms with van der Waals surface area (Å²) in [4.78, 5) is 11.9. The number of aromatic nitrogens is 4. The molecule has 6 heteroatoms. The van der Waals surface area contributed by atoms with Gasteiger partial charge in [0.25, 0.3) is 0 Å². The second-order valence-electron chi connectivity index (χ2n) is 7.02. The highest BCUT2D eigenvalue weighted by molar-refractivity contribution is 5.77. The van der Waals surface area contributed by atoms with Crippen LogP contribution in [0, 0.1) is 13.8 Å². The van der Waals surface area contributed by atoms with E-state index in [4.69, 9.17) is 9.72 Å². The normalized spacial score (nSPS) is 19.0. The molecule has 0 bridgehead atoms. The predicted molar refractivity (Wildman–Crippen MR) is 98.3 cm³/mol. The van der Waals surface area contributed by atoms with E-state index in [1.165, 1.54) is 17.0 Å². The first-order valence-electron chi connectivity index (χ1n) is 8.80. The number of pyridine rings is 1. The number of ether oxygens (including phenoxy) is 1. The van der Waals surface area contributed by atoms with Crippen molar-refractivity contribution in [1.82, 2.24) is 24.0 Å². The third-order valence-electron chi connectivity index (χ3n) is 5.08. The molecule has 3 aromatic rings. The molecule has 0 aromatic carbocycles. The molecule has 0 saturated carbocycles. The van der Waals surface area contributed by atoms with Gasteiger partial charge in [0.2, 0.25) is 5.95 Å². The summed E-state index contributed by atoms with van der Waals surface area (Å²) >= 11 is 0. The van der Waals surface area contributed by atoms with Crippen LogP contribution in [0.5, 0.6) is 0 Å². The van der Waals surface area contributed by atoms with Gasteiger partial charge in [-0.15, -0.1) is 0 Å². The van der Waals surface area contributed by atoms with Crippen LogP contribution in [0.15, 0.2) is 24.4 Å². The zero-order valence-electron chi connectivity index (χ0n) is 15.4. The topological polar surface area (TPSA) is 48.1 Å². The van der Waals surface area contributed by atoms with Crippen molar-refractivity contribution in [2.75, 3.05) is 26.7 Å². The molecule has 25 heavy (non-hydrogen) atoms. The molecular weight excluding hydrogens is 314 g/mol. The first-order chi connectivity index (χ1) is 12.0. The Morgan fingerprint density at radius 3 is 2.64 bits per heavy atom. The zero-order valence-corrected chi connectivity index (χ0v) is 15.4. The second-order valence-corrected chi connectivity index (χ2v) is 7.02. The van der Waals surface area contributed by atoms with Crippen LogP contribution in [0.4, 0.5) is 0 Å². The van der Waals surface area contributed by atoms with Crippen LogP contribution in [0.25, 0.3) is 17.1 Å². The highest BCUT2D eigenvalue weighted by Crippen LogP contribution is 2.24. The van der Waals surface area contributed by atoms with Crippen molar-refractivity contribution >= 4 is 11.2 Å². The van der Waals surface area contributed by atoms with E-state index < -0.39 is 0 Å². The fraction of sp³-hybridized carbons (Fsp3) is 0.474. The average molecular weight is 339 g/mol. The van der Waals surface area contributed by atoms with Gasteiger partial charge in [-0.2, -0.15) is 0 Å². The molecule has 1 unspecified atom stereocenters. The standard InChI is InChI=1S/C19H25N5O/c1-13-5-6-14(2)24(13)19-21-17-15(7-8-20-18(17)23(19)4)11-16-12-22(3)9-10-25-16/h5-8,16H,9-12H2,1-4H3. The van der Waals surface area contributed by atoms with Gasteiger partial charge in [0, 0.05) is 44.1 Å². The Morgan fingerprint density at radius 1 is 1.16 bits per heavy atom. The smallest absolute Gasteiger partial charge is 0.216 e. The average Bonchev–Trinajstić information content (AvgIpc) is 3.08. The van der Waals surface area contributed by atoms with E-state index in [0.29, 0.717) is 0 Å². The number of likely N-dealkylation sites (N-methyl/N-ethyl adjacent to an activating group) is 1. The fourth-order valence-corrected chi connectivity index (χ4v) is 3.70. The fourth-order valence-electron chi connectivity index (χ4n) is 3.70. The minimum atomic E-state index is 0.213. The van der Waals surface area contributed by atoms with E-state index in [1.807, 2.05) is 13.2 Å². The van der Waals surface area contributed by atoms with Crippen molar-refractivity contribution in [3.8, 4) is 5.95 Å². The van der Waals surface area contributed by atoms with Crippen molar-refractivity contribution in [3.63, 3.8) is 0 Å². The third-order valence-corrected chi connectivity index (χ3v) is 5.08. The highest BCUT2D eigenvalue weighted by Gasteiger charge is 2.21. The quantitative estimate of drug-likeness (QED) is 0.734. The number of rotatable bonds is 3. The van der Waals surface area contributed by atoms with E-state index in [2.05, 4.69) is 58.1 Å². The van der Waals surface area contributed by atoms with Crippen molar-refractivity contribution in [2.24, 2.45) is 7.05 Å². The van der Waals surface area contributed by atoms with Crippen LogP contribution >= 0.6 is 0 Å². The van der Waals surface area contributed by atoms with Gasteiger partial charge in [0.1, 0.15) is 5.52 Å². The lowest BCUT2D eigenvalue weighted by Gasteiger charge is -2.30. The molecule has 1 aliphatic rings. The van der Waals surface area contributed by atoms with Crippen LogP contribution in [0.2, 0.25) is 0 Å². The second kappa shape index (κ2) is 6.28. The summed E-state index contributed by atoms with van der Waals surface area (Å²) in [6.45, 7) is 6.96. The molecule has 6 nitrogen and oxygen atoms in total. The monoisotopic (exact) mass is 339 g/mol. The molecule has 1 fully saturated rings. The summed E-state index contributed by atoms with van der Waals surface area (Å²) in [6, 6.07) is 6.32. The maximum Gasteiger partial charge on any atom is 0.216 e. The van der Waals surface area contributed by atoms with Gasteiger partial charge in [-0.3, -0.25) is 9.13 Å². The Balaban J connectivity index is 1.76. The molecule has 0 radical (unpaired) electrons. The van der Waals surface area contributed by atoms with E-state index in [9.17, 15) is 0 Å². The number of aryl methyl sites for hydroxylation is 3. The van der Waals surface area contributed by atoms with Gasteiger partial charge in [-0.05, 0) is 44.7 Å². The number of hydrogen-bond donors (Lipinski definition) is 0. The molecule has 132 valence electrons. The van der Waals surface area contributed by atoms with Crippen LogP contribution < -0.4 is 0 Å². The van der Waals surface area contributed by atoms with Gasteiger partial charge < -0.3 is 9.64 Å². The van der Waals surface area contributed by atoms with Crippen molar-refractivity contribution in [2.45, 2.75) is 26.4 Å². The third kappa shape index (κ3) is 2.85. The number of fused-ring (bicyclic) bond motifs is 1. The summed E-state index contributed by atoms with van der Waals surface area (Å²) in [5.41, 5.74) is 5.45. The molecule has 4 heterocycles. The van der Waals surface area contributed by atoms with E-state index in [1.54, 1.807) is 0 Å². The maximum absolute atomic E-state index is 5.95. The van der Waals surface area contributed by atoms with Gasteiger partial charge >= 0.3 is 0 Å². The first kappa shape index (κ1) is 16.3. The molecule has 1 aliphatic heterocycles. The lowest BCUT2D eigenvalue weighted by Crippen LogP contribution is -2.40. The van der Waals surface area contributed by atoms with E-state index in [-0.39, 0.29) is 6.10 Å². The summed E-state index contributed by atoms with van der Waals surface area (Å²) < 4.78 is 10.2. The Morgan fingerprint density at radius 2 is 1.92 bits per heavy atom. The van der Waals surface area contributed by atoms with Crippen LogP contribution in [-0.2, 0) is 18.2 Å². The molecular formula is C19H25N5O. The SMILES string of the molecule is Cc1ccc(C)n1-c1nc2c(CC3CN(C)CCO3)ccnc2n1C. The van der Waals surface area contributed by atoms with Crippen LogP contribution in [0.3, 0.4) is 0 Å². The molecule has 0 N–H and O–H groups in total. The van der Waals surface area contributed by atoms with E-state index in [0.717, 1.165) is 43.2 Å². The Bertz CT molecular complexity index is 891. The Kier molecular flexibility index (Phi) is 4.09. The first-order valence-corrected chi connectivity index (χ1v) is 8.80. The summed E-state index contributed by atoms with van der Waals surface area (Å²) in [5.74, 6) is 0.914. The summed E-state index contributed by atoms with van der Waals surface area (Å²) in [6.07, 6.45) is 2.96. The number of morpholine rings is 1. The van der Waals surface area contributed by atoms with Gasteiger partial charge in [-0.25, -0.2) is 9.97 Å². The molecule has 3 aromatic heterocycles. The van der Waals surface area contributed by atoms with Crippen molar-refractivity contribution in [3.05, 3.63) is 41.3 Å². The maximum atomic E-state index is 5.95. The molecule has 0 amide bonds. The summed E-state index contributed by atoms with van der Waals surface area (Å²) in [7, 11) is 4.18. The lowest BCUT2D eigenvalue weighted by atomic mass is 10.1. The van der Waals surface area contributed by atoms with Crippen molar-refractivity contribution < 1.29 is 4.74 Å². The van der Waals surface area contributed by atoms with E-state index >= 15 is 0 Å². The summed E-state index contributed by atoms with van der Waals surface area (Å²) in [5, 5.41) is 0. The largest absolute Gasteiger partial charge is 0.375 e. The lowest BCUT2D eigenvalue weighted by molar-refractivity contribution is -0.0184. The van der Waals surface area contributed by atoms with Gasteiger partial charge in [0.15, 0.2) is 5.65 Å². The molecule has 1 atom stereocenters. The minimum Gasteiger partial charge on any atom is -0.375 e. The van der Waals surface area contributed by atoms with Gasteiger partial charge in [0.05, 0.1) is 12.7 Å². The number of imidazole rings is 1. The Hall–Kier alpha value is -2.18.